The molecule has 3 aliphatic rings. The standard InChI is InChI=1S/C49H34N2/c1-3-13-35(14-4-1)50-45-21-11-9-18-38(45)43-30-33(24-27-47(43)50)32-23-26-41-42(29-32)37-17-7-8-20-40(37)49(41)34-25-28-48-44(31-34)39-19-10-12-22-46(39)51(48)36-15-5-2-6-16-36/h1-31,38,45,49H. The SMILES string of the molecule is C1=CC2c3cc(-c4ccc5c(c4)-c4ccccc4C5c4ccc5c(c4)c4ccccc4n5-c4ccccc4)ccc3N(c3ccccc3)C2C=C1. The van der Waals surface area contributed by atoms with E-state index >= 15 is 0 Å². The molecule has 3 atom stereocenters. The monoisotopic (exact) mass is 650 g/mol. The summed E-state index contributed by atoms with van der Waals surface area (Å²) >= 11 is 0. The molecule has 0 N–H and O–H groups in total. The zero-order chi connectivity index (χ0) is 33.5. The summed E-state index contributed by atoms with van der Waals surface area (Å²) in [5, 5.41) is 2.58. The fraction of sp³-hybridized carbons (Fsp3) is 0.0612. The highest BCUT2D eigenvalue weighted by molar-refractivity contribution is 6.09. The molecule has 2 heterocycles. The summed E-state index contributed by atoms with van der Waals surface area (Å²) in [6.45, 7) is 0. The molecule has 2 aliphatic carbocycles. The molecule has 1 aromatic heterocycles. The van der Waals surface area contributed by atoms with E-state index in [-0.39, 0.29) is 12.0 Å². The van der Waals surface area contributed by atoms with Gasteiger partial charge in [0.15, 0.2) is 0 Å². The maximum absolute atomic E-state index is 2.50. The normalized spacial score (nSPS) is 18.2. The Labute approximate surface area is 297 Å². The molecule has 8 aromatic rings. The van der Waals surface area contributed by atoms with Crippen LogP contribution in [0.2, 0.25) is 0 Å². The zero-order valence-corrected chi connectivity index (χ0v) is 28.0. The van der Waals surface area contributed by atoms with Crippen molar-refractivity contribution in [3.63, 3.8) is 0 Å². The topological polar surface area (TPSA) is 8.17 Å². The minimum atomic E-state index is 0.174. The predicted octanol–water partition coefficient (Wildman–Crippen LogP) is 12.3. The quantitative estimate of drug-likeness (QED) is 0.184. The highest BCUT2D eigenvalue weighted by Crippen LogP contribution is 2.52. The van der Waals surface area contributed by atoms with Crippen LogP contribution in [0.25, 0.3) is 49.7 Å². The van der Waals surface area contributed by atoms with Crippen molar-refractivity contribution in [2.45, 2.75) is 17.9 Å². The Morgan fingerprint density at radius 3 is 2.00 bits per heavy atom. The number of anilines is 2. The molecule has 0 saturated carbocycles. The second-order valence-corrected chi connectivity index (χ2v) is 14.1. The summed E-state index contributed by atoms with van der Waals surface area (Å²) in [5.41, 5.74) is 16.9. The lowest BCUT2D eigenvalue weighted by atomic mass is 9.87. The number of para-hydroxylation sites is 3. The largest absolute Gasteiger partial charge is 0.333 e. The van der Waals surface area contributed by atoms with Crippen LogP contribution >= 0.6 is 0 Å². The van der Waals surface area contributed by atoms with Crippen molar-refractivity contribution < 1.29 is 0 Å². The second kappa shape index (κ2) is 11.1. The van der Waals surface area contributed by atoms with Gasteiger partial charge in [-0.1, -0.05) is 127 Å². The fourth-order valence-corrected chi connectivity index (χ4v) is 9.18. The van der Waals surface area contributed by atoms with Gasteiger partial charge in [-0.05, 0) is 105 Å². The first-order chi connectivity index (χ1) is 25.3. The van der Waals surface area contributed by atoms with Gasteiger partial charge in [0.2, 0.25) is 0 Å². The Hall–Kier alpha value is -6.38. The lowest BCUT2D eigenvalue weighted by molar-refractivity contribution is 0.745. The van der Waals surface area contributed by atoms with Gasteiger partial charge in [0, 0.05) is 39.7 Å². The molecule has 0 amide bonds. The van der Waals surface area contributed by atoms with Crippen LogP contribution in [-0.2, 0) is 0 Å². The van der Waals surface area contributed by atoms with Crippen LogP contribution in [0.5, 0.6) is 0 Å². The van der Waals surface area contributed by atoms with Crippen LogP contribution in [0.3, 0.4) is 0 Å². The van der Waals surface area contributed by atoms with Crippen LogP contribution in [0.1, 0.15) is 34.1 Å². The molecule has 3 unspecified atom stereocenters. The first kappa shape index (κ1) is 28.5. The number of fused-ring (bicyclic) bond motifs is 9. The Bertz CT molecular complexity index is 2710. The summed E-state index contributed by atoms with van der Waals surface area (Å²) in [7, 11) is 0. The number of rotatable bonds is 4. The Balaban J connectivity index is 1.03. The van der Waals surface area contributed by atoms with Crippen LogP contribution < -0.4 is 4.90 Å². The van der Waals surface area contributed by atoms with Crippen molar-refractivity contribution in [1.29, 1.82) is 0 Å². The minimum absolute atomic E-state index is 0.174. The van der Waals surface area contributed by atoms with Crippen molar-refractivity contribution in [1.82, 2.24) is 4.57 Å². The molecule has 51 heavy (non-hydrogen) atoms. The van der Waals surface area contributed by atoms with Gasteiger partial charge < -0.3 is 9.47 Å². The van der Waals surface area contributed by atoms with Gasteiger partial charge in [-0.2, -0.15) is 0 Å². The van der Waals surface area contributed by atoms with Crippen LogP contribution in [-0.4, -0.2) is 10.6 Å². The second-order valence-electron chi connectivity index (χ2n) is 14.1. The summed E-state index contributed by atoms with van der Waals surface area (Å²) in [6, 6.07) is 61.0. The van der Waals surface area contributed by atoms with Crippen molar-refractivity contribution in [3.8, 4) is 27.9 Å². The third-order valence-corrected chi connectivity index (χ3v) is 11.4. The minimum Gasteiger partial charge on any atom is -0.333 e. The Morgan fingerprint density at radius 1 is 0.431 bits per heavy atom. The third-order valence-electron chi connectivity index (χ3n) is 11.4. The Kier molecular flexibility index (Phi) is 6.17. The molecule has 240 valence electrons. The maximum Gasteiger partial charge on any atom is 0.0629 e. The third kappa shape index (κ3) is 4.23. The van der Waals surface area contributed by atoms with Crippen LogP contribution in [0.15, 0.2) is 188 Å². The molecule has 2 heteroatoms. The summed E-state index contributed by atoms with van der Waals surface area (Å²) in [6.07, 6.45) is 9.11. The molecular weight excluding hydrogens is 617 g/mol. The van der Waals surface area contributed by atoms with Gasteiger partial charge >= 0.3 is 0 Å². The molecule has 2 nitrogen and oxygen atoms in total. The van der Waals surface area contributed by atoms with Gasteiger partial charge in [-0.15, -0.1) is 0 Å². The predicted molar refractivity (Wildman–Crippen MR) is 212 cm³/mol. The molecule has 0 fully saturated rings. The molecule has 0 spiro atoms. The van der Waals surface area contributed by atoms with Crippen LogP contribution in [0.4, 0.5) is 11.4 Å². The van der Waals surface area contributed by atoms with Crippen molar-refractivity contribution in [2.75, 3.05) is 4.90 Å². The molecule has 0 saturated heterocycles. The lowest BCUT2D eigenvalue weighted by Gasteiger charge is -2.28. The number of hydrogen-bond acceptors (Lipinski definition) is 1. The van der Waals surface area contributed by atoms with Crippen molar-refractivity contribution in [3.05, 3.63) is 210 Å². The van der Waals surface area contributed by atoms with Crippen LogP contribution in [0, 0.1) is 0 Å². The molecule has 1 aliphatic heterocycles. The smallest absolute Gasteiger partial charge is 0.0629 e. The van der Waals surface area contributed by atoms with E-state index < -0.39 is 0 Å². The number of aromatic nitrogens is 1. The van der Waals surface area contributed by atoms with E-state index in [2.05, 4.69) is 198 Å². The van der Waals surface area contributed by atoms with E-state index in [9.17, 15) is 0 Å². The van der Waals surface area contributed by atoms with Crippen molar-refractivity contribution in [2.24, 2.45) is 0 Å². The van der Waals surface area contributed by atoms with Gasteiger partial charge in [-0.25, -0.2) is 0 Å². The van der Waals surface area contributed by atoms with Gasteiger partial charge in [0.05, 0.1) is 17.1 Å². The lowest BCUT2D eigenvalue weighted by Crippen LogP contribution is -2.28. The number of hydrogen-bond donors (Lipinski definition) is 0. The fourth-order valence-electron chi connectivity index (χ4n) is 9.18. The molecule has 11 rings (SSSR count). The average molecular weight is 651 g/mol. The molecule has 0 radical (unpaired) electrons. The van der Waals surface area contributed by atoms with E-state index in [1.165, 1.54) is 83.4 Å². The van der Waals surface area contributed by atoms with E-state index in [0.717, 1.165) is 0 Å². The van der Waals surface area contributed by atoms with E-state index in [1.807, 2.05) is 0 Å². The summed E-state index contributed by atoms with van der Waals surface area (Å²) in [4.78, 5) is 2.50. The van der Waals surface area contributed by atoms with E-state index in [1.54, 1.807) is 0 Å². The molecule has 7 aromatic carbocycles. The highest BCUT2D eigenvalue weighted by Gasteiger charge is 2.37. The molecule has 0 bridgehead atoms. The number of benzene rings is 7. The van der Waals surface area contributed by atoms with Gasteiger partial charge in [0.1, 0.15) is 0 Å². The Morgan fingerprint density at radius 2 is 1.12 bits per heavy atom. The van der Waals surface area contributed by atoms with Crippen molar-refractivity contribution >= 4 is 33.2 Å². The first-order valence-corrected chi connectivity index (χ1v) is 18.0. The number of allylic oxidation sites excluding steroid dienone is 2. The van der Waals surface area contributed by atoms with Gasteiger partial charge in [0.25, 0.3) is 0 Å². The zero-order valence-electron chi connectivity index (χ0n) is 28.0. The summed E-state index contributed by atoms with van der Waals surface area (Å²) < 4.78 is 2.40. The highest BCUT2D eigenvalue weighted by atomic mass is 15.2. The average Bonchev–Trinajstić information content (AvgIpc) is 3.83. The maximum atomic E-state index is 2.50. The number of nitrogens with zero attached hydrogens (tertiary/aromatic N) is 2. The van der Waals surface area contributed by atoms with E-state index in [0.29, 0.717) is 5.92 Å². The van der Waals surface area contributed by atoms with E-state index in [4.69, 9.17) is 0 Å². The first-order valence-electron chi connectivity index (χ1n) is 18.0. The summed E-state index contributed by atoms with van der Waals surface area (Å²) in [5.74, 6) is 0.500. The molecular formula is C49H34N2. The van der Waals surface area contributed by atoms with Gasteiger partial charge in [-0.3, -0.25) is 0 Å².